The fraction of sp³-hybridized carbons (Fsp3) is 0.875. The van der Waals surface area contributed by atoms with Crippen LogP contribution in [-0.4, -0.2) is 24.4 Å². The van der Waals surface area contributed by atoms with E-state index in [-0.39, 0.29) is 12.3 Å². The lowest BCUT2D eigenvalue weighted by Crippen LogP contribution is -2.43. The van der Waals surface area contributed by atoms with Gasteiger partial charge in [0.1, 0.15) is 0 Å². The summed E-state index contributed by atoms with van der Waals surface area (Å²) in [7, 11) is 0. The van der Waals surface area contributed by atoms with Crippen molar-refractivity contribution in [3.05, 3.63) is 0 Å². The van der Waals surface area contributed by atoms with Crippen LogP contribution in [0.5, 0.6) is 0 Å². The van der Waals surface area contributed by atoms with Crippen LogP contribution in [0.3, 0.4) is 0 Å². The van der Waals surface area contributed by atoms with Crippen molar-refractivity contribution in [2.24, 2.45) is 11.5 Å². The minimum atomic E-state index is -0.814. The van der Waals surface area contributed by atoms with E-state index in [1.54, 1.807) is 0 Å². The Hall–Kier alpha value is -1.10. The van der Waals surface area contributed by atoms with E-state index in [9.17, 15) is 9.59 Å². The molecule has 0 spiro atoms. The van der Waals surface area contributed by atoms with E-state index in [1.807, 2.05) is 0 Å². The number of hydrogen-bond donors (Lipinski definition) is 3. The SMILES string of the molecule is CCCCCCCCCCCCNC(=O)[C@@H](N)CC(N)=O. The summed E-state index contributed by atoms with van der Waals surface area (Å²) in [6.45, 7) is 2.86. The Morgan fingerprint density at radius 2 is 1.38 bits per heavy atom. The lowest BCUT2D eigenvalue weighted by Gasteiger charge is -2.10. The van der Waals surface area contributed by atoms with Crippen LogP contribution in [0.15, 0.2) is 0 Å². The molecule has 0 aromatic carbocycles. The van der Waals surface area contributed by atoms with E-state index in [1.165, 1.54) is 51.4 Å². The molecule has 5 nitrogen and oxygen atoms in total. The number of hydrogen-bond acceptors (Lipinski definition) is 3. The molecule has 0 aromatic rings. The average Bonchev–Trinajstić information content (AvgIpc) is 2.43. The lowest BCUT2D eigenvalue weighted by molar-refractivity contribution is -0.126. The minimum Gasteiger partial charge on any atom is -0.370 e. The van der Waals surface area contributed by atoms with Gasteiger partial charge in [0.15, 0.2) is 0 Å². The first-order valence-corrected chi connectivity index (χ1v) is 8.39. The number of carbonyl (C=O) groups is 2. The molecule has 21 heavy (non-hydrogen) atoms. The standard InChI is InChI=1S/C16H33N3O2/c1-2-3-4-5-6-7-8-9-10-11-12-19-16(21)14(17)13-15(18)20/h14H,2-13,17H2,1H3,(H2,18,20)(H,19,21)/t14-/m0/s1. The number of primary amides is 1. The second-order valence-electron chi connectivity index (χ2n) is 5.75. The first-order chi connectivity index (χ1) is 10.1. The van der Waals surface area contributed by atoms with Gasteiger partial charge in [-0.05, 0) is 6.42 Å². The summed E-state index contributed by atoms with van der Waals surface area (Å²) >= 11 is 0. The Kier molecular flexibility index (Phi) is 13.1. The van der Waals surface area contributed by atoms with Crippen molar-refractivity contribution in [2.45, 2.75) is 83.6 Å². The summed E-state index contributed by atoms with van der Waals surface area (Å²) in [5.41, 5.74) is 10.5. The van der Waals surface area contributed by atoms with Gasteiger partial charge in [0.2, 0.25) is 11.8 Å². The third-order valence-electron chi connectivity index (χ3n) is 3.59. The zero-order valence-corrected chi connectivity index (χ0v) is 13.5. The molecule has 0 radical (unpaired) electrons. The van der Waals surface area contributed by atoms with Crippen molar-refractivity contribution in [2.75, 3.05) is 6.54 Å². The highest BCUT2D eigenvalue weighted by Crippen LogP contribution is 2.10. The van der Waals surface area contributed by atoms with Crippen molar-refractivity contribution >= 4 is 11.8 Å². The molecular weight excluding hydrogens is 266 g/mol. The number of amides is 2. The molecule has 0 saturated heterocycles. The highest BCUT2D eigenvalue weighted by atomic mass is 16.2. The summed E-state index contributed by atoms with van der Waals surface area (Å²) in [6, 6.07) is -0.814. The average molecular weight is 299 g/mol. The summed E-state index contributed by atoms with van der Waals surface area (Å²) in [6.07, 6.45) is 12.5. The molecule has 0 aliphatic heterocycles. The minimum absolute atomic E-state index is 0.0934. The molecule has 5 N–H and O–H groups in total. The second-order valence-corrected chi connectivity index (χ2v) is 5.75. The Morgan fingerprint density at radius 1 is 0.905 bits per heavy atom. The highest BCUT2D eigenvalue weighted by molar-refractivity contribution is 5.87. The fourth-order valence-corrected chi connectivity index (χ4v) is 2.26. The van der Waals surface area contributed by atoms with E-state index in [4.69, 9.17) is 11.5 Å². The molecule has 0 aliphatic carbocycles. The summed E-state index contributed by atoms with van der Waals surface area (Å²) in [5, 5.41) is 2.74. The monoisotopic (exact) mass is 299 g/mol. The van der Waals surface area contributed by atoms with Gasteiger partial charge in [-0.15, -0.1) is 0 Å². The smallest absolute Gasteiger partial charge is 0.237 e. The Bertz CT molecular complexity index is 283. The van der Waals surface area contributed by atoms with Crippen LogP contribution >= 0.6 is 0 Å². The van der Waals surface area contributed by atoms with Crippen molar-refractivity contribution in [3.63, 3.8) is 0 Å². The van der Waals surface area contributed by atoms with Gasteiger partial charge in [-0.3, -0.25) is 9.59 Å². The Labute approximate surface area is 129 Å². The van der Waals surface area contributed by atoms with E-state index in [2.05, 4.69) is 12.2 Å². The van der Waals surface area contributed by atoms with Crippen molar-refractivity contribution in [1.29, 1.82) is 0 Å². The van der Waals surface area contributed by atoms with E-state index < -0.39 is 11.9 Å². The first kappa shape index (κ1) is 19.9. The van der Waals surface area contributed by atoms with Gasteiger partial charge < -0.3 is 16.8 Å². The second kappa shape index (κ2) is 13.9. The van der Waals surface area contributed by atoms with Gasteiger partial charge in [-0.1, -0.05) is 64.7 Å². The number of nitrogens with two attached hydrogens (primary N) is 2. The van der Waals surface area contributed by atoms with E-state index in [0.717, 1.165) is 12.8 Å². The zero-order valence-electron chi connectivity index (χ0n) is 13.5. The van der Waals surface area contributed by atoms with Crippen molar-refractivity contribution in [3.8, 4) is 0 Å². The van der Waals surface area contributed by atoms with Crippen LogP contribution in [0.1, 0.15) is 77.6 Å². The van der Waals surface area contributed by atoms with Gasteiger partial charge in [0.05, 0.1) is 12.5 Å². The van der Waals surface area contributed by atoms with Gasteiger partial charge in [-0.25, -0.2) is 0 Å². The van der Waals surface area contributed by atoms with Crippen LogP contribution in [0.4, 0.5) is 0 Å². The molecule has 1 atom stereocenters. The fourth-order valence-electron chi connectivity index (χ4n) is 2.26. The molecule has 124 valence electrons. The molecule has 0 unspecified atom stereocenters. The molecule has 0 rings (SSSR count). The van der Waals surface area contributed by atoms with E-state index in [0.29, 0.717) is 6.54 Å². The molecule has 5 heteroatoms. The van der Waals surface area contributed by atoms with Gasteiger partial charge >= 0.3 is 0 Å². The predicted octanol–water partition coefficient (Wildman–Crippen LogP) is 2.23. The number of unbranched alkanes of at least 4 members (excludes halogenated alkanes) is 9. The topological polar surface area (TPSA) is 98.2 Å². The maximum Gasteiger partial charge on any atom is 0.237 e. The lowest BCUT2D eigenvalue weighted by atomic mass is 10.1. The van der Waals surface area contributed by atoms with Gasteiger partial charge in [-0.2, -0.15) is 0 Å². The third-order valence-corrected chi connectivity index (χ3v) is 3.59. The molecule has 0 saturated carbocycles. The quantitative estimate of drug-likeness (QED) is 0.429. The molecule has 2 amide bonds. The summed E-state index contributed by atoms with van der Waals surface area (Å²) in [4.78, 5) is 22.1. The molecular formula is C16H33N3O2. The maximum atomic E-state index is 11.5. The molecule has 0 bridgehead atoms. The summed E-state index contributed by atoms with van der Waals surface area (Å²) < 4.78 is 0. The number of rotatable bonds is 14. The molecule has 0 aliphatic rings. The van der Waals surface area contributed by atoms with Crippen LogP contribution < -0.4 is 16.8 Å². The normalized spacial score (nSPS) is 12.1. The molecule has 0 heterocycles. The van der Waals surface area contributed by atoms with Crippen LogP contribution in [0, 0.1) is 0 Å². The Balaban J connectivity index is 3.28. The molecule has 0 aromatic heterocycles. The number of carbonyl (C=O) groups excluding carboxylic acids is 2. The summed E-state index contributed by atoms with van der Waals surface area (Å²) in [5.74, 6) is -0.832. The highest BCUT2D eigenvalue weighted by Gasteiger charge is 2.14. The molecule has 0 fully saturated rings. The van der Waals surface area contributed by atoms with Gasteiger partial charge in [0.25, 0.3) is 0 Å². The Morgan fingerprint density at radius 3 is 1.86 bits per heavy atom. The van der Waals surface area contributed by atoms with Gasteiger partial charge in [0, 0.05) is 6.54 Å². The van der Waals surface area contributed by atoms with E-state index >= 15 is 0 Å². The van der Waals surface area contributed by atoms with Crippen LogP contribution in [0.2, 0.25) is 0 Å². The predicted molar refractivity (Wildman–Crippen MR) is 86.6 cm³/mol. The largest absolute Gasteiger partial charge is 0.370 e. The first-order valence-electron chi connectivity index (χ1n) is 8.39. The third kappa shape index (κ3) is 13.6. The number of nitrogens with one attached hydrogen (secondary N) is 1. The maximum absolute atomic E-state index is 11.5. The van der Waals surface area contributed by atoms with Crippen molar-refractivity contribution in [1.82, 2.24) is 5.32 Å². The van der Waals surface area contributed by atoms with Crippen LogP contribution in [0.25, 0.3) is 0 Å². The zero-order chi connectivity index (χ0) is 15.9. The van der Waals surface area contributed by atoms with Crippen LogP contribution in [-0.2, 0) is 9.59 Å². The van der Waals surface area contributed by atoms with Crippen molar-refractivity contribution < 1.29 is 9.59 Å².